The molecule has 1 aromatic rings. The van der Waals surface area contributed by atoms with E-state index in [-0.39, 0.29) is 11.7 Å². The van der Waals surface area contributed by atoms with Gasteiger partial charge in [-0.25, -0.2) is 4.98 Å². The second-order valence-electron chi connectivity index (χ2n) is 3.39. The first-order valence-corrected chi connectivity index (χ1v) is 5.36. The van der Waals surface area contributed by atoms with Crippen molar-refractivity contribution in [2.45, 2.75) is 26.7 Å². The van der Waals surface area contributed by atoms with Gasteiger partial charge in [-0.2, -0.15) is 0 Å². The molecule has 5 heteroatoms. The van der Waals surface area contributed by atoms with Crippen molar-refractivity contribution in [2.24, 2.45) is 0 Å². The molecule has 1 aromatic heterocycles. The molecule has 0 aliphatic heterocycles. The molecule has 5 nitrogen and oxygen atoms in total. The molecule has 0 unspecified atom stereocenters. The molecule has 0 spiro atoms. The summed E-state index contributed by atoms with van der Waals surface area (Å²) in [5, 5.41) is 6.59. The van der Waals surface area contributed by atoms with E-state index < -0.39 is 0 Å². The average molecular weight is 220 g/mol. The molecular formula is C11H16N4O. The van der Waals surface area contributed by atoms with Crippen LogP contribution in [0.4, 0.5) is 0 Å². The number of aryl methyl sites for hydroxylation is 1. The van der Waals surface area contributed by atoms with Crippen molar-refractivity contribution in [3.05, 3.63) is 11.6 Å². The molecule has 0 fully saturated rings. The van der Waals surface area contributed by atoms with Crippen LogP contribution in [0.15, 0.2) is 0 Å². The number of terminal acetylenes is 1. The summed E-state index contributed by atoms with van der Waals surface area (Å²) in [5.41, 5.74) is 0. The minimum Gasteiger partial charge on any atom is -0.325 e. The number of amides is 1. The number of aromatic nitrogens is 3. The van der Waals surface area contributed by atoms with Gasteiger partial charge in [-0.05, 0) is 6.42 Å². The van der Waals surface area contributed by atoms with Crippen molar-refractivity contribution in [1.29, 1.82) is 0 Å². The molecular weight excluding hydrogens is 204 g/mol. The largest absolute Gasteiger partial charge is 0.325 e. The monoisotopic (exact) mass is 220 g/mol. The highest BCUT2D eigenvalue weighted by molar-refractivity contribution is 5.90. The van der Waals surface area contributed by atoms with Gasteiger partial charge in [0.25, 0.3) is 5.91 Å². The van der Waals surface area contributed by atoms with Gasteiger partial charge in [0.15, 0.2) is 0 Å². The highest BCUT2D eigenvalue weighted by Gasteiger charge is 2.18. The van der Waals surface area contributed by atoms with Crippen LogP contribution < -0.4 is 0 Å². The van der Waals surface area contributed by atoms with Gasteiger partial charge in [0.2, 0.25) is 5.82 Å². The number of carbonyl (C=O) groups excluding carboxylic acids is 1. The zero-order chi connectivity index (χ0) is 12.0. The Morgan fingerprint density at radius 3 is 2.81 bits per heavy atom. The summed E-state index contributed by atoms with van der Waals surface area (Å²) >= 11 is 0. The number of rotatable bonds is 5. The molecule has 0 aliphatic rings. The summed E-state index contributed by atoms with van der Waals surface area (Å²) in [4.78, 5) is 17.6. The Bertz CT molecular complexity index is 391. The maximum Gasteiger partial charge on any atom is 0.294 e. The third kappa shape index (κ3) is 2.83. The van der Waals surface area contributed by atoms with Gasteiger partial charge in [0.05, 0.1) is 6.54 Å². The Morgan fingerprint density at radius 2 is 2.31 bits per heavy atom. The number of hydrogen-bond donors (Lipinski definition) is 1. The molecule has 0 aliphatic carbocycles. The van der Waals surface area contributed by atoms with Crippen LogP contribution in [0.5, 0.6) is 0 Å². The molecule has 1 amide bonds. The summed E-state index contributed by atoms with van der Waals surface area (Å²) in [5.74, 6) is 3.15. The lowest BCUT2D eigenvalue weighted by Gasteiger charge is -2.17. The topological polar surface area (TPSA) is 61.9 Å². The molecule has 0 atom stereocenters. The van der Waals surface area contributed by atoms with E-state index in [1.807, 2.05) is 13.8 Å². The Kier molecular flexibility index (Phi) is 4.52. The predicted molar refractivity (Wildman–Crippen MR) is 60.8 cm³/mol. The Balaban J connectivity index is 2.77. The van der Waals surface area contributed by atoms with Gasteiger partial charge in [-0.15, -0.1) is 11.5 Å². The number of H-pyrrole nitrogens is 1. The minimum absolute atomic E-state index is 0.195. The van der Waals surface area contributed by atoms with Gasteiger partial charge in [0, 0.05) is 13.0 Å². The van der Waals surface area contributed by atoms with Crippen LogP contribution in [-0.2, 0) is 6.42 Å². The summed E-state index contributed by atoms with van der Waals surface area (Å²) < 4.78 is 0. The smallest absolute Gasteiger partial charge is 0.294 e. The van der Waals surface area contributed by atoms with Crippen LogP contribution in [-0.4, -0.2) is 39.1 Å². The predicted octanol–water partition coefficient (Wildman–Crippen LogP) is 0.853. The van der Waals surface area contributed by atoms with Crippen LogP contribution in [0.3, 0.4) is 0 Å². The fourth-order valence-corrected chi connectivity index (χ4v) is 1.32. The van der Waals surface area contributed by atoms with E-state index in [2.05, 4.69) is 21.1 Å². The third-order valence-corrected chi connectivity index (χ3v) is 2.12. The second-order valence-corrected chi connectivity index (χ2v) is 3.39. The van der Waals surface area contributed by atoms with Crippen molar-refractivity contribution < 1.29 is 4.79 Å². The van der Waals surface area contributed by atoms with Crippen LogP contribution in [0.2, 0.25) is 0 Å². The first kappa shape index (κ1) is 12.2. The Labute approximate surface area is 95.3 Å². The van der Waals surface area contributed by atoms with Gasteiger partial charge in [0.1, 0.15) is 5.82 Å². The van der Waals surface area contributed by atoms with Gasteiger partial charge in [-0.1, -0.05) is 19.8 Å². The zero-order valence-corrected chi connectivity index (χ0v) is 9.66. The van der Waals surface area contributed by atoms with Crippen LogP contribution in [0.1, 0.15) is 36.7 Å². The lowest BCUT2D eigenvalue weighted by molar-refractivity contribution is 0.0765. The molecule has 0 radical (unpaired) electrons. The van der Waals surface area contributed by atoms with Crippen molar-refractivity contribution in [3.8, 4) is 12.3 Å². The fraction of sp³-hybridized carbons (Fsp3) is 0.545. The first-order chi connectivity index (χ1) is 7.72. The van der Waals surface area contributed by atoms with Crippen molar-refractivity contribution in [1.82, 2.24) is 20.1 Å². The lowest BCUT2D eigenvalue weighted by atomic mass is 10.3. The van der Waals surface area contributed by atoms with Crippen LogP contribution in [0, 0.1) is 12.3 Å². The Morgan fingerprint density at radius 1 is 1.56 bits per heavy atom. The summed E-state index contributed by atoms with van der Waals surface area (Å²) in [7, 11) is 0. The highest BCUT2D eigenvalue weighted by atomic mass is 16.2. The van der Waals surface area contributed by atoms with Gasteiger partial charge in [-0.3, -0.25) is 9.89 Å². The molecule has 0 bridgehead atoms. The van der Waals surface area contributed by atoms with E-state index in [0.717, 1.165) is 12.8 Å². The van der Waals surface area contributed by atoms with E-state index in [4.69, 9.17) is 6.42 Å². The average Bonchev–Trinajstić information content (AvgIpc) is 2.76. The van der Waals surface area contributed by atoms with E-state index >= 15 is 0 Å². The van der Waals surface area contributed by atoms with E-state index in [0.29, 0.717) is 18.9 Å². The minimum atomic E-state index is -0.212. The van der Waals surface area contributed by atoms with Crippen molar-refractivity contribution in [3.63, 3.8) is 0 Å². The number of carbonyl (C=O) groups is 1. The lowest BCUT2D eigenvalue weighted by Crippen LogP contribution is -2.32. The zero-order valence-electron chi connectivity index (χ0n) is 9.66. The van der Waals surface area contributed by atoms with Crippen LogP contribution >= 0.6 is 0 Å². The molecule has 16 heavy (non-hydrogen) atoms. The third-order valence-electron chi connectivity index (χ3n) is 2.12. The standard InChI is InChI=1S/C11H16N4O/c1-4-7-15(8-5-2)11(16)10-12-9(6-3)13-14-10/h1H,5-8H2,2-3H3,(H,12,13,14). The molecule has 1 rings (SSSR count). The van der Waals surface area contributed by atoms with Gasteiger partial charge < -0.3 is 4.90 Å². The quantitative estimate of drug-likeness (QED) is 0.748. The Hall–Kier alpha value is -1.83. The molecule has 0 aromatic carbocycles. The van der Waals surface area contributed by atoms with E-state index in [1.165, 1.54) is 0 Å². The number of aromatic amines is 1. The maximum atomic E-state index is 11.9. The fourth-order valence-electron chi connectivity index (χ4n) is 1.32. The van der Waals surface area contributed by atoms with Crippen LogP contribution in [0.25, 0.3) is 0 Å². The van der Waals surface area contributed by atoms with Crippen molar-refractivity contribution >= 4 is 5.91 Å². The normalized spacial score (nSPS) is 9.81. The van der Waals surface area contributed by atoms with Gasteiger partial charge >= 0.3 is 0 Å². The maximum absolute atomic E-state index is 11.9. The highest BCUT2D eigenvalue weighted by Crippen LogP contribution is 2.01. The SMILES string of the molecule is C#CCN(CCC)C(=O)c1n[nH]c(CC)n1. The molecule has 1 N–H and O–H groups in total. The number of hydrogen-bond acceptors (Lipinski definition) is 3. The second kappa shape index (κ2) is 5.91. The molecule has 0 saturated heterocycles. The van der Waals surface area contributed by atoms with Crippen molar-refractivity contribution in [2.75, 3.05) is 13.1 Å². The molecule has 0 saturated carbocycles. The summed E-state index contributed by atoms with van der Waals surface area (Å²) in [6, 6.07) is 0. The number of nitrogens with one attached hydrogen (secondary N) is 1. The first-order valence-electron chi connectivity index (χ1n) is 5.36. The molecule has 86 valence electrons. The number of nitrogens with zero attached hydrogens (tertiary/aromatic N) is 3. The summed E-state index contributed by atoms with van der Waals surface area (Å²) in [6.07, 6.45) is 6.80. The van der Waals surface area contributed by atoms with E-state index in [1.54, 1.807) is 4.90 Å². The molecule has 1 heterocycles. The van der Waals surface area contributed by atoms with E-state index in [9.17, 15) is 4.79 Å². The summed E-state index contributed by atoms with van der Waals surface area (Å²) in [6.45, 7) is 4.86.